The largest absolute Gasteiger partial charge is 0.461 e. The minimum Gasteiger partial charge on any atom is -0.288 e. The predicted molar refractivity (Wildman–Crippen MR) is 40.0 cm³/mol. The van der Waals surface area contributed by atoms with Crippen molar-refractivity contribution in [2.45, 2.75) is 19.0 Å². The first-order valence-electron chi connectivity index (χ1n) is 3.52. The summed E-state index contributed by atoms with van der Waals surface area (Å²) < 4.78 is 59.1. The molecule has 0 bridgehead atoms. The molecule has 0 spiro atoms. The van der Waals surface area contributed by atoms with Gasteiger partial charge in [-0.05, 0) is 13.0 Å². The summed E-state index contributed by atoms with van der Waals surface area (Å²) in [5, 5.41) is 0. The van der Waals surface area contributed by atoms with Crippen LogP contribution < -0.4 is 0 Å². The number of hydrogen-bond acceptors (Lipinski definition) is 1. The second kappa shape index (κ2) is 4.34. The molecular weight excluding hydrogens is 207 g/mol. The third-order valence-electron chi connectivity index (χ3n) is 1.22. The molecule has 80 valence electrons. The first kappa shape index (κ1) is 12.8. The number of ketones is 1. The lowest BCUT2D eigenvalue weighted by Crippen LogP contribution is -2.43. The van der Waals surface area contributed by atoms with Crippen LogP contribution >= 0.6 is 0 Å². The van der Waals surface area contributed by atoms with Gasteiger partial charge in [-0.2, -0.15) is 22.0 Å². The Balaban J connectivity index is 4.69. The van der Waals surface area contributed by atoms with Crippen molar-refractivity contribution in [3.63, 3.8) is 0 Å². The molecule has 6 heteroatoms. The normalized spacial score (nSPS) is 14.1. The van der Waals surface area contributed by atoms with E-state index in [9.17, 15) is 26.7 Å². The lowest BCUT2D eigenvalue weighted by atomic mass is 10.2. The van der Waals surface area contributed by atoms with Crippen molar-refractivity contribution in [3.05, 3.63) is 24.3 Å². The van der Waals surface area contributed by atoms with Crippen molar-refractivity contribution in [3.8, 4) is 0 Å². The highest BCUT2D eigenvalue weighted by Crippen LogP contribution is 2.36. The standard InChI is InChI=1S/C8H7F5O/c1-2-3-4-5-6(14)7(9,10)8(11,12)13/h2-5H,1H3. The molecule has 0 saturated carbocycles. The average Bonchev–Trinajstić information content (AvgIpc) is 2.02. The minimum atomic E-state index is -5.84. The SMILES string of the molecule is CC=CC=CC(=O)C(F)(F)C(F)(F)F. The molecule has 0 aromatic carbocycles. The topological polar surface area (TPSA) is 17.1 Å². The Morgan fingerprint density at radius 1 is 1.07 bits per heavy atom. The Morgan fingerprint density at radius 3 is 1.93 bits per heavy atom. The van der Waals surface area contributed by atoms with Gasteiger partial charge in [0, 0.05) is 0 Å². The van der Waals surface area contributed by atoms with Gasteiger partial charge in [-0.3, -0.25) is 4.79 Å². The molecule has 0 fully saturated rings. The zero-order valence-corrected chi connectivity index (χ0v) is 7.11. The predicted octanol–water partition coefficient (Wildman–Crippen LogP) is 2.89. The van der Waals surface area contributed by atoms with Crippen LogP contribution in [-0.2, 0) is 4.79 Å². The van der Waals surface area contributed by atoms with Gasteiger partial charge in [0.05, 0.1) is 0 Å². The molecule has 14 heavy (non-hydrogen) atoms. The van der Waals surface area contributed by atoms with Gasteiger partial charge in [-0.15, -0.1) is 0 Å². The van der Waals surface area contributed by atoms with E-state index >= 15 is 0 Å². The summed E-state index contributed by atoms with van der Waals surface area (Å²) in [6, 6.07) is 0. The van der Waals surface area contributed by atoms with Gasteiger partial charge in [-0.25, -0.2) is 0 Å². The summed E-state index contributed by atoms with van der Waals surface area (Å²) in [4.78, 5) is 10.4. The van der Waals surface area contributed by atoms with Gasteiger partial charge in [0.25, 0.3) is 0 Å². The molecule has 0 aliphatic rings. The van der Waals surface area contributed by atoms with Crippen LogP contribution in [0, 0.1) is 0 Å². The number of hydrogen-bond donors (Lipinski definition) is 0. The van der Waals surface area contributed by atoms with Gasteiger partial charge in [0.15, 0.2) is 0 Å². The van der Waals surface area contributed by atoms with E-state index in [4.69, 9.17) is 0 Å². The fourth-order valence-electron chi connectivity index (χ4n) is 0.498. The summed E-state index contributed by atoms with van der Waals surface area (Å²) >= 11 is 0. The lowest BCUT2D eigenvalue weighted by Gasteiger charge is -2.15. The number of rotatable bonds is 3. The summed E-state index contributed by atoms with van der Waals surface area (Å²) in [7, 11) is 0. The number of carbonyl (C=O) groups is 1. The van der Waals surface area contributed by atoms with E-state index in [-0.39, 0.29) is 6.08 Å². The zero-order valence-electron chi connectivity index (χ0n) is 7.11. The molecule has 0 aliphatic heterocycles. The molecule has 0 aliphatic carbocycles. The molecule has 0 amide bonds. The van der Waals surface area contributed by atoms with Gasteiger partial charge in [0.1, 0.15) is 0 Å². The van der Waals surface area contributed by atoms with Gasteiger partial charge in [-0.1, -0.05) is 18.2 Å². The van der Waals surface area contributed by atoms with Crippen molar-refractivity contribution in [2.75, 3.05) is 0 Å². The first-order chi connectivity index (χ1) is 6.23. The number of allylic oxidation sites excluding steroid dienone is 4. The second-order valence-corrected chi connectivity index (χ2v) is 2.32. The van der Waals surface area contributed by atoms with Crippen molar-refractivity contribution in [2.24, 2.45) is 0 Å². The quantitative estimate of drug-likeness (QED) is 0.401. The van der Waals surface area contributed by atoms with Crippen LogP contribution in [0.3, 0.4) is 0 Å². The Morgan fingerprint density at radius 2 is 1.57 bits per heavy atom. The Kier molecular flexibility index (Phi) is 3.97. The summed E-state index contributed by atoms with van der Waals surface area (Å²) in [5.41, 5.74) is 0. The van der Waals surface area contributed by atoms with Crippen LogP contribution in [0.1, 0.15) is 6.92 Å². The lowest BCUT2D eigenvalue weighted by molar-refractivity contribution is -0.266. The molecule has 0 N–H and O–H groups in total. The fourth-order valence-corrected chi connectivity index (χ4v) is 0.498. The van der Waals surface area contributed by atoms with E-state index < -0.39 is 17.9 Å². The van der Waals surface area contributed by atoms with Gasteiger partial charge in [0.2, 0.25) is 5.78 Å². The molecule has 0 rings (SSSR count). The molecule has 1 nitrogen and oxygen atoms in total. The molecule has 0 saturated heterocycles. The molecule has 0 unspecified atom stereocenters. The minimum absolute atomic E-state index is 0.188. The van der Waals surface area contributed by atoms with Crippen LogP contribution in [0.25, 0.3) is 0 Å². The Bertz CT molecular complexity index is 261. The summed E-state index contributed by atoms with van der Waals surface area (Å²) in [6.07, 6.45) is -2.28. The molecular formula is C8H7F5O. The Hall–Kier alpha value is -1.20. The maximum Gasteiger partial charge on any atom is 0.461 e. The van der Waals surface area contributed by atoms with Gasteiger partial charge < -0.3 is 0 Å². The van der Waals surface area contributed by atoms with Crippen molar-refractivity contribution >= 4 is 5.78 Å². The van der Waals surface area contributed by atoms with E-state index in [0.29, 0.717) is 0 Å². The molecule has 0 radical (unpaired) electrons. The number of alkyl halides is 5. The van der Waals surface area contributed by atoms with E-state index in [1.807, 2.05) is 0 Å². The highest BCUT2D eigenvalue weighted by atomic mass is 19.4. The highest BCUT2D eigenvalue weighted by molar-refractivity contribution is 5.96. The fraction of sp³-hybridized carbons (Fsp3) is 0.375. The van der Waals surface area contributed by atoms with Crippen LogP contribution in [0.15, 0.2) is 24.3 Å². The molecule has 0 heterocycles. The molecule has 0 atom stereocenters. The van der Waals surface area contributed by atoms with Crippen LogP contribution in [-0.4, -0.2) is 17.9 Å². The average molecular weight is 214 g/mol. The van der Waals surface area contributed by atoms with Crippen molar-refractivity contribution in [1.29, 1.82) is 0 Å². The maximum atomic E-state index is 12.2. The number of halogens is 5. The van der Waals surface area contributed by atoms with Gasteiger partial charge >= 0.3 is 12.1 Å². The highest BCUT2D eigenvalue weighted by Gasteiger charge is 2.62. The van der Waals surface area contributed by atoms with Crippen molar-refractivity contribution in [1.82, 2.24) is 0 Å². The summed E-state index contributed by atoms with van der Waals surface area (Å²) in [6.45, 7) is 1.52. The first-order valence-corrected chi connectivity index (χ1v) is 3.52. The third kappa shape index (κ3) is 2.93. The molecule has 0 aromatic heterocycles. The van der Waals surface area contributed by atoms with E-state index in [0.717, 1.165) is 6.08 Å². The van der Waals surface area contributed by atoms with Crippen LogP contribution in [0.2, 0.25) is 0 Å². The maximum absolute atomic E-state index is 12.2. The van der Waals surface area contributed by atoms with Crippen LogP contribution in [0.5, 0.6) is 0 Å². The second-order valence-electron chi connectivity index (χ2n) is 2.32. The van der Waals surface area contributed by atoms with E-state index in [1.165, 1.54) is 19.1 Å². The smallest absolute Gasteiger partial charge is 0.288 e. The van der Waals surface area contributed by atoms with Crippen LogP contribution in [0.4, 0.5) is 22.0 Å². The number of carbonyl (C=O) groups excluding carboxylic acids is 1. The molecule has 0 aromatic rings. The van der Waals surface area contributed by atoms with E-state index in [2.05, 4.69) is 0 Å². The van der Waals surface area contributed by atoms with Crippen molar-refractivity contribution < 1.29 is 26.7 Å². The third-order valence-corrected chi connectivity index (χ3v) is 1.22. The monoisotopic (exact) mass is 214 g/mol. The Labute approximate surface area is 76.9 Å². The summed E-state index contributed by atoms with van der Waals surface area (Å²) in [5.74, 6) is -7.59. The zero-order chi connectivity index (χ0) is 11.4. The van der Waals surface area contributed by atoms with E-state index in [1.54, 1.807) is 0 Å².